The molecule has 0 saturated carbocycles. The minimum atomic E-state index is -4.46. The fourth-order valence-corrected chi connectivity index (χ4v) is 6.46. The second-order valence-corrected chi connectivity index (χ2v) is 12.5. The lowest BCUT2D eigenvalue weighted by atomic mass is 10.0. The molecule has 41 heavy (non-hydrogen) atoms. The number of methoxy groups -OCH3 is 1. The lowest BCUT2D eigenvalue weighted by Crippen LogP contribution is -2.48. The van der Waals surface area contributed by atoms with Crippen LogP contribution in [0.5, 0.6) is 5.88 Å². The van der Waals surface area contributed by atoms with Gasteiger partial charge in [0.2, 0.25) is 15.9 Å². The fourth-order valence-electron chi connectivity index (χ4n) is 4.47. The van der Waals surface area contributed by atoms with Crippen molar-refractivity contribution in [1.29, 1.82) is 0 Å². The number of fused-ring (bicyclic) bond motifs is 1. The predicted octanol–water partition coefficient (Wildman–Crippen LogP) is 3.37. The molecule has 0 amide bonds. The van der Waals surface area contributed by atoms with Crippen LogP contribution in [0.15, 0.2) is 71.9 Å². The first-order valence-electron chi connectivity index (χ1n) is 12.2. The number of rotatable bonds is 8. The Balaban J connectivity index is 1.49. The topological polar surface area (TPSA) is 135 Å². The number of ether oxygens (including phenoxy) is 1. The highest BCUT2D eigenvalue weighted by molar-refractivity contribution is 7.92. The van der Waals surface area contributed by atoms with Gasteiger partial charge >= 0.3 is 0 Å². The van der Waals surface area contributed by atoms with Gasteiger partial charge in [0.05, 0.1) is 12.6 Å². The van der Waals surface area contributed by atoms with Crippen LogP contribution in [0.2, 0.25) is 0 Å². The summed E-state index contributed by atoms with van der Waals surface area (Å²) < 4.78 is 86.6. The number of nitrogens with zero attached hydrogens (tertiary/aromatic N) is 5. The number of hydrogen-bond acceptors (Lipinski definition) is 9. The van der Waals surface area contributed by atoms with E-state index in [4.69, 9.17) is 4.74 Å². The Kier molecular flexibility index (Phi) is 7.59. The number of benzene rings is 2. The molecule has 5 rings (SSSR count). The van der Waals surface area contributed by atoms with Gasteiger partial charge in [-0.2, -0.15) is 4.31 Å². The highest BCUT2D eigenvalue weighted by atomic mass is 32.2. The number of nitrogens with one attached hydrogen (secondary N) is 1. The quantitative estimate of drug-likeness (QED) is 0.322. The third kappa shape index (κ3) is 5.68. The minimum Gasteiger partial charge on any atom is -0.480 e. The van der Waals surface area contributed by atoms with Gasteiger partial charge in [0, 0.05) is 54.8 Å². The van der Waals surface area contributed by atoms with Crippen LogP contribution in [0.25, 0.3) is 22.0 Å². The summed E-state index contributed by atoms with van der Waals surface area (Å²) in [6.45, 7) is 4.71. The normalized spacial score (nSPS) is 14.7. The Hall–Kier alpha value is -4.21. The molecular formula is C26H24F2N6O5S2. The number of aromatic nitrogens is 3. The van der Waals surface area contributed by atoms with Crippen molar-refractivity contribution in [1.82, 2.24) is 19.3 Å². The average Bonchev–Trinajstić information content (AvgIpc) is 2.96. The molecule has 2 aromatic carbocycles. The van der Waals surface area contributed by atoms with Crippen molar-refractivity contribution in [3.05, 3.63) is 78.6 Å². The largest absolute Gasteiger partial charge is 0.480 e. The maximum atomic E-state index is 14.3. The Bertz CT molecular complexity index is 1860. The molecule has 2 aromatic heterocycles. The molecule has 1 saturated heterocycles. The first kappa shape index (κ1) is 28.3. The predicted molar refractivity (Wildman–Crippen MR) is 149 cm³/mol. The third-order valence-electron chi connectivity index (χ3n) is 6.53. The minimum absolute atomic E-state index is 0.0575. The van der Waals surface area contributed by atoms with Gasteiger partial charge in [0.1, 0.15) is 34.4 Å². The number of anilines is 2. The van der Waals surface area contributed by atoms with E-state index in [1.54, 1.807) is 12.1 Å². The maximum absolute atomic E-state index is 14.3. The molecule has 1 aliphatic heterocycles. The van der Waals surface area contributed by atoms with Crippen molar-refractivity contribution in [2.75, 3.05) is 42.9 Å². The second-order valence-electron chi connectivity index (χ2n) is 8.99. The molecule has 1 N–H and O–H groups in total. The SMILES string of the molecule is C=CS(=O)(=O)N1CCN(c2ncnc3ccc(-c4cnc(OC)c(NS(=O)(=O)c5ccc(F)cc5F)c4)cc23)CC1. The maximum Gasteiger partial charge on any atom is 0.264 e. The Morgan fingerprint density at radius 3 is 2.39 bits per heavy atom. The first-order valence-corrected chi connectivity index (χ1v) is 15.2. The van der Waals surface area contributed by atoms with Gasteiger partial charge in [-0.3, -0.25) is 4.72 Å². The summed E-state index contributed by atoms with van der Waals surface area (Å²) in [6, 6.07) is 9.00. The van der Waals surface area contributed by atoms with E-state index in [1.807, 2.05) is 11.0 Å². The van der Waals surface area contributed by atoms with Gasteiger partial charge in [-0.05, 0) is 35.9 Å². The number of hydrogen-bond donors (Lipinski definition) is 1. The monoisotopic (exact) mass is 602 g/mol. The molecule has 214 valence electrons. The van der Waals surface area contributed by atoms with Gasteiger partial charge in [0.25, 0.3) is 10.0 Å². The molecule has 1 fully saturated rings. The molecule has 0 spiro atoms. The van der Waals surface area contributed by atoms with E-state index in [0.717, 1.165) is 17.5 Å². The smallest absolute Gasteiger partial charge is 0.264 e. The molecule has 11 nitrogen and oxygen atoms in total. The van der Waals surface area contributed by atoms with Crippen molar-refractivity contribution >= 4 is 42.5 Å². The van der Waals surface area contributed by atoms with Crippen LogP contribution in [-0.4, -0.2) is 69.4 Å². The summed E-state index contributed by atoms with van der Waals surface area (Å²) in [4.78, 5) is 14.2. The molecule has 3 heterocycles. The highest BCUT2D eigenvalue weighted by Crippen LogP contribution is 2.33. The first-order chi connectivity index (χ1) is 19.5. The molecule has 0 bridgehead atoms. The standard InChI is InChI=1S/C26H24F2N6O5S2/c1-3-40(35,36)34-10-8-33(9-11-34)25-20-12-17(4-6-22(20)30-16-31-25)18-13-23(26(39-2)29-15-18)32-41(37,38)24-7-5-19(27)14-21(24)28/h3-7,12-16,32H,1,8-11H2,2H3. The molecule has 1 aliphatic rings. The molecule has 4 aromatic rings. The van der Waals surface area contributed by atoms with Crippen LogP contribution in [-0.2, 0) is 20.0 Å². The Morgan fingerprint density at radius 1 is 0.951 bits per heavy atom. The molecule has 15 heteroatoms. The molecular weight excluding hydrogens is 578 g/mol. The number of piperazine rings is 1. The van der Waals surface area contributed by atoms with Crippen molar-refractivity contribution in [2.45, 2.75) is 4.90 Å². The van der Waals surface area contributed by atoms with Gasteiger partial charge in [-0.25, -0.2) is 40.6 Å². The van der Waals surface area contributed by atoms with E-state index >= 15 is 0 Å². The molecule has 0 radical (unpaired) electrons. The summed E-state index contributed by atoms with van der Waals surface area (Å²) in [5, 5.41) is 1.62. The van der Waals surface area contributed by atoms with Crippen molar-refractivity contribution in [2.24, 2.45) is 0 Å². The molecule has 0 aliphatic carbocycles. The zero-order valence-corrected chi connectivity index (χ0v) is 23.3. The number of halogens is 2. The summed E-state index contributed by atoms with van der Waals surface area (Å²) >= 11 is 0. The van der Waals surface area contributed by atoms with E-state index in [1.165, 1.54) is 30.0 Å². The van der Waals surface area contributed by atoms with Crippen LogP contribution in [0.1, 0.15) is 0 Å². The highest BCUT2D eigenvalue weighted by Gasteiger charge is 2.26. The van der Waals surface area contributed by atoms with E-state index in [0.29, 0.717) is 47.0 Å². The number of sulfonamides is 2. The molecule has 0 unspecified atom stereocenters. The number of pyridine rings is 1. The summed E-state index contributed by atoms with van der Waals surface area (Å²) in [5.41, 5.74) is 1.73. The van der Waals surface area contributed by atoms with Crippen molar-refractivity contribution in [3.63, 3.8) is 0 Å². The second kappa shape index (κ2) is 11.0. The van der Waals surface area contributed by atoms with E-state index < -0.39 is 36.6 Å². The van der Waals surface area contributed by atoms with E-state index in [-0.39, 0.29) is 24.7 Å². The summed E-state index contributed by atoms with van der Waals surface area (Å²) in [6.07, 6.45) is 2.92. The van der Waals surface area contributed by atoms with Crippen LogP contribution in [0.4, 0.5) is 20.3 Å². The average molecular weight is 603 g/mol. The van der Waals surface area contributed by atoms with E-state index in [9.17, 15) is 25.6 Å². The summed E-state index contributed by atoms with van der Waals surface area (Å²) in [5.74, 6) is -1.60. The van der Waals surface area contributed by atoms with E-state index in [2.05, 4.69) is 26.3 Å². The van der Waals surface area contributed by atoms with Gasteiger partial charge in [0.15, 0.2) is 0 Å². The lowest BCUT2D eigenvalue weighted by Gasteiger charge is -2.34. The zero-order chi connectivity index (χ0) is 29.4. The lowest BCUT2D eigenvalue weighted by molar-refractivity contribution is 0.389. The third-order valence-corrected chi connectivity index (χ3v) is 9.43. The van der Waals surface area contributed by atoms with Crippen molar-refractivity contribution < 1.29 is 30.4 Å². The van der Waals surface area contributed by atoms with Gasteiger partial charge in [-0.1, -0.05) is 12.6 Å². The Labute approximate surface area is 235 Å². The van der Waals surface area contributed by atoms with Gasteiger partial charge < -0.3 is 9.64 Å². The summed E-state index contributed by atoms with van der Waals surface area (Å²) in [7, 11) is -6.68. The Morgan fingerprint density at radius 2 is 1.71 bits per heavy atom. The van der Waals surface area contributed by atoms with Gasteiger partial charge in [-0.15, -0.1) is 0 Å². The fraction of sp³-hybridized carbons (Fsp3) is 0.192. The van der Waals surface area contributed by atoms with Crippen LogP contribution in [0.3, 0.4) is 0 Å². The zero-order valence-electron chi connectivity index (χ0n) is 21.7. The molecule has 0 atom stereocenters. The van der Waals surface area contributed by atoms with Crippen LogP contribution in [0, 0.1) is 11.6 Å². The van der Waals surface area contributed by atoms with Crippen LogP contribution >= 0.6 is 0 Å². The van der Waals surface area contributed by atoms with Crippen LogP contribution < -0.4 is 14.4 Å². The van der Waals surface area contributed by atoms with Crippen molar-refractivity contribution in [3.8, 4) is 17.0 Å².